The van der Waals surface area contributed by atoms with Crippen LogP contribution >= 0.6 is 0 Å². The highest BCUT2D eigenvalue weighted by Crippen LogP contribution is 2.65. The Labute approximate surface area is 249 Å². The van der Waals surface area contributed by atoms with E-state index in [1.807, 2.05) is 6.08 Å². The number of allylic oxidation sites excluding steroid dienone is 4. The van der Waals surface area contributed by atoms with Crippen molar-refractivity contribution in [3.05, 3.63) is 84.5 Å². The van der Waals surface area contributed by atoms with Gasteiger partial charge in [-0.25, -0.2) is 0 Å². The van der Waals surface area contributed by atoms with Crippen LogP contribution in [0.1, 0.15) is 79.1 Å². The molecule has 0 heterocycles. The van der Waals surface area contributed by atoms with Gasteiger partial charge in [-0.2, -0.15) is 0 Å². The zero-order valence-electron chi connectivity index (χ0n) is 25.8. The summed E-state index contributed by atoms with van der Waals surface area (Å²) in [6, 6.07) is 22.9. The Morgan fingerprint density at radius 1 is 0.902 bits per heavy atom. The van der Waals surface area contributed by atoms with Gasteiger partial charge >= 0.3 is 0 Å². The van der Waals surface area contributed by atoms with Crippen molar-refractivity contribution in [1.82, 2.24) is 0 Å². The Bertz CT molecular complexity index is 1240. The van der Waals surface area contributed by atoms with E-state index >= 15 is 0 Å². The molecule has 0 aromatic heterocycles. The van der Waals surface area contributed by atoms with Crippen LogP contribution in [0, 0.1) is 40.4 Å². The van der Waals surface area contributed by atoms with E-state index in [-0.39, 0.29) is 17.1 Å². The topological polar surface area (TPSA) is 26.3 Å². The van der Waals surface area contributed by atoms with Gasteiger partial charge < -0.3 is 4.43 Å². The molecule has 2 aromatic rings. The lowest BCUT2D eigenvalue weighted by atomic mass is 9.48. The number of fused-ring (bicyclic) bond motifs is 5. The lowest BCUT2D eigenvalue weighted by Crippen LogP contribution is -2.61. The highest BCUT2D eigenvalue weighted by atomic mass is 28.4. The van der Waals surface area contributed by atoms with Crippen LogP contribution in [0.5, 0.6) is 0 Å². The Morgan fingerprint density at radius 3 is 2.22 bits per heavy atom. The van der Waals surface area contributed by atoms with Gasteiger partial charge in [0.15, 0.2) is 5.78 Å². The van der Waals surface area contributed by atoms with Gasteiger partial charge in [0, 0.05) is 12.5 Å². The molecule has 0 N–H and O–H groups in total. The van der Waals surface area contributed by atoms with Crippen molar-refractivity contribution < 1.29 is 9.22 Å². The molecule has 2 saturated carbocycles. The molecule has 3 heteroatoms. The number of hydrogen-bond acceptors (Lipinski definition) is 2. The second-order valence-electron chi connectivity index (χ2n) is 14.2. The van der Waals surface area contributed by atoms with Crippen molar-refractivity contribution in [2.75, 3.05) is 6.61 Å². The van der Waals surface area contributed by atoms with Gasteiger partial charge in [-0.15, -0.1) is 0 Å². The molecule has 2 nitrogen and oxygen atoms in total. The maximum atomic E-state index is 13.7. The highest BCUT2D eigenvalue weighted by Gasteiger charge is 2.58. The van der Waals surface area contributed by atoms with E-state index in [0.717, 1.165) is 37.1 Å². The molecular weight excluding hydrogens is 517 g/mol. The predicted molar refractivity (Wildman–Crippen MR) is 173 cm³/mol. The molecule has 1 unspecified atom stereocenters. The van der Waals surface area contributed by atoms with Crippen molar-refractivity contribution in [2.24, 2.45) is 40.4 Å². The first-order valence-corrected chi connectivity index (χ1v) is 18.7. The zero-order chi connectivity index (χ0) is 28.7. The molecule has 6 rings (SSSR count). The van der Waals surface area contributed by atoms with Crippen LogP contribution in [-0.2, 0) is 9.22 Å². The van der Waals surface area contributed by atoms with Crippen LogP contribution in [0.25, 0.3) is 0 Å². The fourth-order valence-corrected chi connectivity index (χ4v) is 14.1. The Kier molecular flexibility index (Phi) is 8.06. The van der Waals surface area contributed by atoms with E-state index in [1.54, 1.807) is 0 Å². The molecule has 7 atom stereocenters. The third-order valence-electron chi connectivity index (χ3n) is 12.3. The van der Waals surface area contributed by atoms with E-state index in [9.17, 15) is 4.79 Å². The van der Waals surface area contributed by atoms with E-state index in [1.165, 1.54) is 48.1 Å². The molecule has 2 aromatic carbocycles. The molecule has 41 heavy (non-hydrogen) atoms. The number of rotatable bonds is 9. The standard InChI is InChI=1S/C38H50O2Si/c1-5-7-24-41(31-14-10-8-11-15-31,32-16-12-9-13-17-32)40-27-28-26-38(4)30(25-36(28)39)18-20-33-34-21-19-29(6-2)37(34,3)23-22-35(33)38/h8-18,20,25,28-29,33-35H,5-7,19,21-24,26-27H2,1-4H3/t28?,29-,33-,34-,35-,37+,38-/m0/s1. The van der Waals surface area contributed by atoms with Crippen molar-refractivity contribution in [3.63, 3.8) is 0 Å². The van der Waals surface area contributed by atoms with Crippen LogP contribution in [0.4, 0.5) is 0 Å². The number of carbonyl (C=O) groups is 1. The van der Waals surface area contributed by atoms with E-state index in [0.29, 0.717) is 23.9 Å². The minimum Gasteiger partial charge on any atom is -0.407 e. The number of hydrogen-bond donors (Lipinski definition) is 0. The monoisotopic (exact) mass is 566 g/mol. The van der Waals surface area contributed by atoms with Gasteiger partial charge in [0.1, 0.15) is 0 Å². The molecule has 0 aliphatic heterocycles. The molecule has 4 aliphatic rings. The fourth-order valence-electron chi connectivity index (χ4n) is 9.89. The van der Waals surface area contributed by atoms with E-state index in [2.05, 4.69) is 101 Å². The molecule has 0 spiro atoms. The normalized spacial score (nSPS) is 34.5. The smallest absolute Gasteiger partial charge is 0.255 e. The number of carbonyl (C=O) groups excluding carboxylic acids is 1. The maximum Gasteiger partial charge on any atom is 0.255 e. The van der Waals surface area contributed by atoms with Gasteiger partial charge in [-0.05, 0) is 94.7 Å². The quantitative estimate of drug-likeness (QED) is 0.287. The Morgan fingerprint density at radius 2 is 1.59 bits per heavy atom. The van der Waals surface area contributed by atoms with Crippen LogP contribution in [0.15, 0.2) is 84.5 Å². The summed E-state index contributed by atoms with van der Waals surface area (Å²) in [5, 5.41) is 2.65. The molecular formula is C38H50O2Si. The Hall–Kier alpha value is -2.23. The highest BCUT2D eigenvalue weighted by molar-refractivity contribution is 6.97. The average Bonchev–Trinajstić information content (AvgIpc) is 3.35. The molecule has 0 amide bonds. The van der Waals surface area contributed by atoms with Gasteiger partial charge in [0.2, 0.25) is 0 Å². The summed E-state index contributed by atoms with van der Waals surface area (Å²) in [4.78, 5) is 13.7. The van der Waals surface area contributed by atoms with Crippen LogP contribution in [0.3, 0.4) is 0 Å². The number of unbranched alkanes of at least 4 members (excludes halogenated alkanes) is 1. The third kappa shape index (κ3) is 4.85. The minimum atomic E-state index is -2.51. The summed E-state index contributed by atoms with van der Waals surface area (Å²) in [5.74, 6) is 3.14. The second-order valence-corrected chi connectivity index (χ2v) is 17.8. The number of ketones is 1. The summed E-state index contributed by atoms with van der Waals surface area (Å²) >= 11 is 0. The maximum absolute atomic E-state index is 13.7. The SMILES string of the molecule is CCCC[Si](OCC1C[C@@]2(C)C(=CC1=O)C=C[C@H]1[C@@H]3CC[C@H](CC)[C@@]3(C)CC[C@@H]12)(c1ccccc1)c1ccccc1. The molecule has 0 saturated heterocycles. The summed E-state index contributed by atoms with van der Waals surface area (Å²) in [6.07, 6.45) is 16.8. The average molecular weight is 567 g/mol. The third-order valence-corrected chi connectivity index (χ3v) is 16.5. The van der Waals surface area contributed by atoms with Crippen molar-refractivity contribution in [1.29, 1.82) is 0 Å². The summed E-state index contributed by atoms with van der Waals surface area (Å²) in [6.45, 7) is 10.3. The minimum absolute atomic E-state index is 0.0557. The van der Waals surface area contributed by atoms with Crippen molar-refractivity contribution in [3.8, 4) is 0 Å². The molecule has 2 fully saturated rings. The first-order valence-electron chi connectivity index (χ1n) is 16.5. The van der Waals surface area contributed by atoms with Gasteiger partial charge in [0.05, 0.1) is 0 Å². The van der Waals surface area contributed by atoms with Gasteiger partial charge in [-0.3, -0.25) is 4.79 Å². The first kappa shape index (κ1) is 28.9. The van der Waals surface area contributed by atoms with Gasteiger partial charge in [-0.1, -0.05) is 120 Å². The number of benzene rings is 2. The largest absolute Gasteiger partial charge is 0.407 e. The zero-order valence-corrected chi connectivity index (χ0v) is 26.8. The molecule has 218 valence electrons. The lowest BCUT2D eigenvalue weighted by Gasteiger charge is -2.56. The van der Waals surface area contributed by atoms with Crippen LogP contribution in [0.2, 0.25) is 6.04 Å². The van der Waals surface area contributed by atoms with E-state index < -0.39 is 8.32 Å². The van der Waals surface area contributed by atoms with Gasteiger partial charge in [0.25, 0.3) is 8.32 Å². The summed E-state index contributed by atoms with van der Waals surface area (Å²) in [5.41, 5.74) is 1.83. The molecule has 4 aliphatic carbocycles. The lowest BCUT2D eigenvalue weighted by molar-refractivity contribution is -0.122. The first-order chi connectivity index (χ1) is 19.9. The van der Waals surface area contributed by atoms with E-state index in [4.69, 9.17) is 4.43 Å². The molecule has 0 bridgehead atoms. The van der Waals surface area contributed by atoms with Crippen molar-refractivity contribution in [2.45, 2.75) is 85.1 Å². The fraction of sp³-hybridized carbons (Fsp3) is 0.553. The second kappa shape index (κ2) is 11.5. The van der Waals surface area contributed by atoms with Crippen LogP contribution < -0.4 is 10.4 Å². The molecule has 0 radical (unpaired) electrons. The Balaban J connectivity index is 1.29. The summed E-state index contributed by atoms with van der Waals surface area (Å²) in [7, 11) is -2.51. The predicted octanol–water partition coefficient (Wildman–Crippen LogP) is 8.12. The van der Waals surface area contributed by atoms with Crippen LogP contribution in [-0.4, -0.2) is 20.7 Å². The summed E-state index contributed by atoms with van der Waals surface area (Å²) < 4.78 is 7.26. The van der Waals surface area contributed by atoms with Crippen molar-refractivity contribution >= 4 is 24.5 Å².